The minimum Gasteiger partial charge on any atom is -0.393 e. The number of pyridine rings is 1. The van der Waals surface area contributed by atoms with Gasteiger partial charge in [0.15, 0.2) is 0 Å². The third kappa shape index (κ3) is 4.65. The van der Waals surface area contributed by atoms with Crippen molar-refractivity contribution in [2.24, 2.45) is 0 Å². The fraction of sp³-hybridized carbons (Fsp3) is 0.545. The Labute approximate surface area is 112 Å². The lowest BCUT2D eigenvalue weighted by Crippen LogP contribution is -2.12. The molecule has 0 radical (unpaired) electrons. The smallest absolute Gasteiger partial charge is 0.393 e. The largest absolute Gasteiger partial charge is 0.433 e. The third-order valence-corrected chi connectivity index (χ3v) is 2.48. The average molecular weight is 293 g/mol. The van der Waals surface area contributed by atoms with Gasteiger partial charge in [-0.15, -0.1) is 0 Å². The topological polar surface area (TPSA) is 88.3 Å². The van der Waals surface area contributed by atoms with Crippen LogP contribution in [-0.4, -0.2) is 27.7 Å². The average Bonchev–Trinajstić information content (AvgIpc) is 2.32. The van der Waals surface area contributed by atoms with E-state index in [1.165, 1.54) is 0 Å². The van der Waals surface area contributed by atoms with Crippen LogP contribution in [-0.2, 0) is 6.18 Å². The highest BCUT2D eigenvalue weighted by atomic mass is 19.4. The van der Waals surface area contributed by atoms with E-state index in [0.717, 1.165) is 0 Å². The maximum absolute atomic E-state index is 12.5. The second kappa shape index (κ2) is 6.51. The lowest BCUT2D eigenvalue weighted by molar-refractivity contribution is -0.384. The van der Waals surface area contributed by atoms with Gasteiger partial charge in [-0.3, -0.25) is 10.1 Å². The Bertz CT molecular complexity index is 478. The predicted octanol–water partition coefficient (Wildman–Crippen LogP) is 2.58. The molecule has 0 amide bonds. The van der Waals surface area contributed by atoms with Crippen LogP contribution in [0.2, 0.25) is 0 Å². The standard InChI is InChI=1S/C11H14F3N3O3/c1-7(18)3-2-4-15-8-5-10(11(12,13)14)16-6-9(8)17(19)20/h5-7,18H,2-4H2,1H3,(H,15,16). The number of hydrogen-bond acceptors (Lipinski definition) is 5. The molecule has 2 N–H and O–H groups in total. The number of halogens is 3. The Balaban J connectivity index is 2.87. The van der Waals surface area contributed by atoms with Crippen molar-refractivity contribution in [2.45, 2.75) is 32.0 Å². The molecule has 6 nitrogen and oxygen atoms in total. The lowest BCUT2D eigenvalue weighted by atomic mass is 10.2. The van der Waals surface area contributed by atoms with E-state index in [0.29, 0.717) is 25.1 Å². The molecule has 1 aromatic heterocycles. The molecule has 1 unspecified atom stereocenters. The SMILES string of the molecule is CC(O)CCCNc1cc(C(F)(F)F)ncc1[N+](=O)[O-]. The van der Waals surface area contributed by atoms with Gasteiger partial charge in [-0.2, -0.15) is 13.2 Å². The highest BCUT2D eigenvalue weighted by molar-refractivity contribution is 5.61. The van der Waals surface area contributed by atoms with Crippen LogP contribution in [0.3, 0.4) is 0 Å². The fourth-order valence-corrected chi connectivity index (χ4v) is 1.51. The van der Waals surface area contributed by atoms with Crippen LogP contribution >= 0.6 is 0 Å². The first kappa shape index (κ1) is 16.2. The van der Waals surface area contributed by atoms with Gasteiger partial charge >= 0.3 is 11.9 Å². The molecule has 0 saturated carbocycles. The molecule has 1 rings (SSSR count). The molecule has 9 heteroatoms. The van der Waals surface area contributed by atoms with Crippen LogP contribution in [0.1, 0.15) is 25.5 Å². The zero-order valence-corrected chi connectivity index (χ0v) is 10.6. The number of nitro groups is 1. The lowest BCUT2D eigenvalue weighted by Gasteiger charge is -2.10. The maximum Gasteiger partial charge on any atom is 0.433 e. The monoisotopic (exact) mass is 293 g/mol. The van der Waals surface area contributed by atoms with E-state index in [9.17, 15) is 23.3 Å². The van der Waals surface area contributed by atoms with E-state index in [1.54, 1.807) is 6.92 Å². The number of nitrogens with one attached hydrogen (secondary N) is 1. The first-order chi connectivity index (χ1) is 9.21. The fourth-order valence-electron chi connectivity index (χ4n) is 1.51. The van der Waals surface area contributed by atoms with E-state index >= 15 is 0 Å². The highest BCUT2D eigenvalue weighted by Gasteiger charge is 2.34. The van der Waals surface area contributed by atoms with Gasteiger partial charge in [0, 0.05) is 6.54 Å². The second-order valence-electron chi connectivity index (χ2n) is 4.26. The Morgan fingerprint density at radius 1 is 1.55 bits per heavy atom. The first-order valence-electron chi connectivity index (χ1n) is 5.85. The van der Waals surface area contributed by atoms with Gasteiger partial charge in [0.05, 0.1) is 11.0 Å². The van der Waals surface area contributed by atoms with E-state index in [2.05, 4.69) is 10.3 Å². The number of aromatic nitrogens is 1. The molecule has 0 aliphatic carbocycles. The van der Waals surface area contributed by atoms with Crippen molar-refractivity contribution in [3.05, 3.63) is 28.1 Å². The normalized spacial score (nSPS) is 13.1. The summed E-state index contributed by atoms with van der Waals surface area (Å²) in [6.45, 7) is 1.80. The Morgan fingerprint density at radius 3 is 2.70 bits per heavy atom. The number of aliphatic hydroxyl groups excluding tert-OH is 1. The van der Waals surface area contributed by atoms with Gasteiger partial charge in [-0.05, 0) is 25.8 Å². The Kier molecular flexibility index (Phi) is 5.26. The van der Waals surface area contributed by atoms with Crippen LogP contribution < -0.4 is 5.32 Å². The molecule has 0 fully saturated rings. The van der Waals surface area contributed by atoms with Crippen molar-refractivity contribution < 1.29 is 23.2 Å². The molecule has 1 heterocycles. The molecular formula is C11H14F3N3O3. The number of alkyl halides is 3. The van der Waals surface area contributed by atoms with E-state index in [4.69, 9.17) is 5.11 Å². The van der Waals surface area contributed by atoms with Crippen LogP contribution in [0, 0.1) is 10.1 Å². The molecule has 1 aromatic rings. The van der Waals surface area contributed by atoms with Crippen LogP contribution in [0.4, 0.5) is 24.5 Å². The van der Waals surface area contributed by atoms with E-state index < -0.39 is 28.6 Å². The summed E-state index contributed by atoms with van der Waals surface area (Å²) in [5.74, 6) is 0. The summed E-state index contributed by atoms with van der Waals surface area (Å²) >= 11 is 0. The minimum absolute atomic E-state index is 0.215. The summed E-state index contributed by atoms with van der Waals surface area (Å²) in [6, 6.07) is 0.612. The molecule has 0 bridgehead atoms. The van der Waals surface area contributed by atoms with Gasteiger partial charge in [-0.1, -0.05) is 0 Å². The van der Waals surface area contributed by atoms with Gasteiger partial charge in [0.25, 0.3) is 0 Å². The molecule has 0 aliphatic heterocycles. The second-order valence-corrected chi connectivity index (χ2v) is 4.26. The Morgan fingerprint density at radius 2 is 2.20 bits per heavy atom. The number of hydrogen-bond donors (Lipinski definition) is 2. The van der Waals surface area contributed by atoms with Crippen molar-refractivity contribution in [1.29, 1.82) is 0 Å². The number of aliphatic hydroxyl groups is 1. The van der Waals surface area contributed by atoms with Crippen LogP contribution in [0.25, 0.3) is 0 Å². The maximum atomic E-state index is 12.5. The molecule has 0 aliphatic rings. The minimum atomic E-state index is -4.66. The van der Waals surface area contributed by atoms with Gasteiger partial charge in [-0.25, -0.2) is 4.98 Å². The summed E-state index contributed by atoms with van der Waals surface area (Å²) in [5.41, 5.74) is -1.95. The van der Waals surface area contributed by atoms with Crippen molar-refractivity contribution in [1.82, 2.24) is 4.98 Å². The molecule has 112 valence electrons. The summed E-state index contributed by atoms with van der Waals surface area (Å²) in [4.78, 5) is 13.0. The molecule has 20 heavy (non-hydrogen) atoms. The first-order valence-corrected chi connectivity index (χ1v) is 5.85. The van der Waals surface area contributed by atoms with Crippen molar-refractivity contribution in [3.63, 3.8) is 0 Å². The molecule has 0 saturated heterocycles. The number of nitrogens with zero attached hydrogens (tertiary/aromatic N) is 2. The van der Waals surface area contributed by atoms with Crippen molar-refractivity contribution >= 4 is 11.4 Å². The summed E-state index contributed by atoms with van der Waals surface area (Å²) in [7, 11) is 0. The molecule has 0 spiro atoms. The van der Waals surface area contributed by atoms with E-state index in [1.807, 2.05) is 0 Å². The van der Waals surface area contributed by atoms with Crippen LogP contribution in [0.5, 0.6) is 0 Å². The van der Waals surface area contributed by atoms with Crippen molar-refractivity contribution in [2.75, 3.05) is 11.9 Å². The number of rotatable bonds is 6. The highest BCUT2D eigenvalue weighted by Crippen LogP contribution is 2.32. The quantitative estimate of drug-likeness (QED) is 0.478. The summed E-state index contributed by atoms with van der Waals surface area (Å²) in [6.07, 6.45) is -3.70. The van der Waals surface area contributed by atoms with Crippen LogP contribution in [0.15, 0.2) is 12.3 Å². The zero-order valence-electron chi connectivity index (χ0n) is 10.6. The number of anilines is 1. The molecule has 1 atom stereocenters. The summed E-state index contributed by atoms with van der Waals surface area (Å²) < 4.78 is 37.5. The van der Waals surface area contributed by atoms with E-state index in [-0.39, 0.29) is 12.2 Å². The predicted molar refractivity (Wildman–Crippen MR) is 65.3 cm³/mol. The molecular weight excluding hydrogens is 279 g/mol. The molecule has 0 aromatic carbocycles. The van der Waals surface area contributed by atoms with Crippen molar-refractivity contribution in [3.8, 4) is 0 Å². The van der Waals surface area contributed by atoms with Gasteiger partial charge < -0.3 is 10.4 Å². The van der Waals surface area contributed by atoms with Gasteiger partial charge in [0.2, 0.25) is 0 Å². The third-order valence-electron chi connectivity index (χ3n) is 2.48. The zero-order chi connectivity index (χ0) is 15.3. The summed E-state index contributed by atoms with van der Waals surface area (Å²) in [5, 5.41) is 22.3. The van der Waals surface area contributed by atoms with Gasteiger partial charge in [0.1, 0.15) is 17.6 Å². The Hall–Kier alpha value is -1.90.